The zero-order valence-corrected chi connectivity index (χ0v) is 8.52. The van der Waals surface area contributed by atoms with E-state index in [-0.39, 0.29) is 0 Å². The van der Waals surface area contributed by atoms with E-state index in [1.807, 2.05) is 24.0 Å². The summed E-state index contributed by atoms with van der Waals surface area (Å²) in [6.45, 7) is 0.752. The molecule has 0 bridgehead atoms. The van der Waals surface area contributed by atoms with Crippen LogP contribution >= 0.6 is 0 Å². The maximum atomic E-state index is 5.66. The number of rotatable bonds is 4. The molecule has 1 aliphatic carbocycles. The quantitative estimate of drug-likeness (QED) is 0.759. The lowest BCUT2D eigenvalue weighted by molar-refractivity contribution is -0.00730. The Morgan fingerprint density at radius 3 is 3.00 bits per heavy atom. The summed E-state index contributed by atoms with van der Waals surface area (Å²) in [5.74, 6) is 1.08. The summed E-state index contributed by atoms with van der Waals surface area (Å²) >= 11 is 0. The van der Waals surface area contributed by atoms with Gasteiger partial charge in [0, 0.05) is 31.9 Å². The van der Waals surface area contributed by atoms with Crippen molar-refractivity contribution in [1.29, 1.82) is 0 Å². The molecule has 2 N–H and O–H groups in total. The first kappa shape index (κ1) is 9.68. The van der Waals surface area contributed by atoms with E-state index in [9.17, 15) is 0 Å². The third-order valence-electron chi connectivity index (χ3n) is 2.73. The minimum absolute atomic E-state index is 0.369. The number of imidazole rings is 1. The van der Waals surface area contributed by atoms with Crippen LogP contribution in [-0.4, -0.2) is 28.3 Å². The first-order valence-corrected chi connectivity index (χ1v) is 5.09. The van der Waals surface area contributed by atoms with Crippen molar-refractivity contribution >= 4 is 0 Å². The molecule has 0 spiro atoms. The van der Waals surface area contributed by atoms with E-state index in [1.54, 1.807) is 0 Å². The Morgan fingerprint density at radius 1 is 1.64 bits per heavy atom. The number of aromatic nitrogens is 2. The molecule has 0 atom stereocenters. The van der Waals surface area contributed by atoms with Crippen molar-refractivity contribution in [2.75, 3.05) is 6.61 Å². The summed E-state index contributed by atoms with van der Waals surface area (Å²) in [5, 5.41) is 0. The molecular weight excluding hydrogens is 178 g/mol. The van der Waals surface area contributed by atoms with E-state index >= 15 is 0 Å². The highest BCUT2D eigenvalue weighted by atomic mass is 16.5. The fraction of sp³-hybridized carbons (Fsp3) is 0.700. The van der Waals surface area contributed by atoms with E-state index in [4.69, 9.17) is 10.5 Å². The number of ether oxygens (including phenoxy) is 1. The smallest absolute Gasteiger partial charge is 0.110 e. The summed E-state index contributed by atoms with van der Waals surface area (Å²) in [7, 11) is 2.00. The van der Waals surface area contributed by atoms with Gasteiger partial charge >= 0.3 is 0 Å². The standard InChI is InChI=1S/C10H17N3O/c1-13-4-3-12-10(13)2-5-14-9-6-8(11)7-9/h3-4,8-9H,2,5-7,11H2,1H3. The fourth-order valence-corrected chi connectivity index (χ4v) is 1.70. The van der Waals surface area contributed by atoms with Gasteiger partial charge in [-0.05, 0) is 12.8 Å². The molecule has 0 unspecified atom stereocenters. The second-order valence-corrected chi connectivity index (χ2v) is 3.93. The van der Waals surface area contributed by atoms with Gasteiger partial charge in [-0.3, -0.25) is 0 Å². The second-order valence-electron chi connectivity index (χ2n) is 3.93. The van der Waals surface area contributed by atoms with Gasteiger partial charge in [0.05, 0.1) is 12.7 Å². The molecule has 2 rings (SSSR count). The molecule has 1 fully saturated rings. The van der Waals surface area contributed by atoms with Crippen molar-refractivity contribution in [1.82, 2.24) is 9.55 Å². The molecule has 0 aromatic carbocycles. The molecular formula is C10H17N3O. The van der Waals surface area contributed by atoms with Gasteiger partial charge in [0.2, 0.25) is 0 Å². The van der Waals surface area contributed by atoms with Gasteiger partial charge in [0.25, 0.3) is 0 Å². The van der Waals surface area contributed by atoms with Crippen molar-refractivity contribution < 1.29 is 4.74 Å². The summed E-state index contributed by atoms with van der Waals surface area (Å²) in [5.41, 5.74) is 5.66. The Morgan fingerprint density at radius 2 is 2.43 bits per heavy atom. The fourth-order valence-electron chi connectivity index (χ4n) is 1.70. The van der Waals surface area contributed by atoms with Crippen molar-refractivity contribution in [3.05, 3.63) is 18.2 Å². The number of aryl methyl sites for hydroxylation is 1. The van der Waals surface area contributed by atoms with Gasteiger partial charge in [-0.1, -0.05) is 0 Å². The Bertz CT molecular complexity index is 291. The minimum Gasteiger partial charge on any atom is -0.378 e. The molecule has 78 valence electrons. The Balaban J connectivity index is 1.66. The van der Waals surface area contributed by atoms with Crippen LogP contribution in [0.15, 0.2) is 12.4 Å². The largest absolute Gasteiger partial charge is 0.378 e. The van der Waals surface area contributed by atoms with Crippen LogP contribution in [0.3, 0.4) is 0 Å². The van der Waals surface area contributed by atoms with Gasteiger partial charge in [0.1, 0.15) is 5.82 Å². The van der Waals surface area contributed by atoms with Crippen LogP contribution in [0.5, 0.6) is 0 Å². The van der Waals surface area contributed by atoms with E-state index in [0.717, 1.165) is 31.7 Å². The summed E-state index contributed by atoms with van der Waals surface area (Å²) in [6, 6.07) is 0.369. The number of hydrogen-bond acceptors (Lipinski definition) is 3. The Kier molecular flexibility index (Phi) is 2.84. The SMILES string of the molecule is Cn1ccnc1CCOC1CC(N)C1. The third kappa shape index (κ3) is 2.13. The molecule has 0 radical (unpaired) electrons. The van der Waals surface area contributed by atoms with Crippen molar-refractivity contribution in [3.63, 3.8) is 0 Å². The monoisotopic (exact) mass is 195 g/mol. The first-order valence-electron chi connectivity index (χ1n) is 5.09. The molecule has 1 heterocycles. The van der Waals surface area contributed by atoms with E-state index < -0.39 is 0 Å². The maximum absolute atomic E-state index is 5.66. The van der Waals surface area contributed by atoms with Crippen molar-refractivity contribution in [2.24, 2.45) is 12.8 Å². The molecule has 1 aromatic rings. The van der Waals surface area contributed by atoms with Crippen LogP contribution in [-0.2, 0) is 18.2 Å². The van der Waals surface area contributed by atoms with Gasteiger partial charge in [0.15, 0.2) is 0 Å². The van der Waals surface area contributed by atoms with E-state index in [1.165, 1.54) is 0 Å². The number of hydrogen-bond donors (Lipinski definition) is 1. The van der Waals surface area contributed by atoms with Crippen LogP contribution in [0.4, 0.5) is 0 Å². The lowest BCUT2D eigenvalue weighted by Gasteiger charge is -2.32. The van der Waals surface area contributed by atoms with E-state index in [2.05, 4.69) is 4.98 Å². The molecule has 4 nitrogen and oxygen atoms in total. The molecule has 1 aromatic heterocycles. The van der Waals surface area contributed by atoms with Gasteiger partial charge in [-0.25, -0.2) is 4.98 Å². The highest BCUT2D eigenvalue weighted by Crippen LogP contribution is 2.21. The Hall–Kier alpha value is -0.870. The molecule has 0 saturated heterocycles. The van der Waals surface area contributed by atoms with Gasteiger partial charge in [-0.15, -0.1) is 0 Å². The zero-order valence-electron chi connectivity index (χ0n) is 8.52. The highest BCUT2D eigenvalue weighted by Gasteiger charge is 2.26. The number of nitrogens with two attached hydrogens (primary N) is 1. The predicted octanol–water partition coefficient (Wildman–Crippen LogP) is 0.469. The van der Waals surface area contributed by atoms with Gasteiger partial charge in [-0.2, -0.15) is 0 Å². The lowest BCUT2D eigenvalue weighted by atomic mass is 9.90. The van der Waals surface area contributed by atoms with Crippen molar-refractivity contribution in [3.8, 4) is 0 Å². The van der Waals surface area contributed by atoms with Crippen molar-refractivity contribution in [2.45, 2.75) is 31.4 Å². The molecule has 0 amide bonds. The van der Waals surface area contributed by atoms with Crippen LogP contribution in [0, 0.1) is 0 Å². The summed E-state index contributed by atoms with van der Waals surface area (Å²) in [4.78, 5) is 4.23. The second kappa shape index (κ2) is 4.11. The normalized spacial score (nSPS) is 26.1. The third-order valence-corrected chi connectivity index (χ3v) is 2.73. The molecule has 0 aliphatic heterocycles. The van der Waals surface area contributed by atoms with Crippen LogP contribution < -0.4 is 5.73 Å². The van der Waals surface area contributed by atoms with Crippen LogP contribution in [0.1, 0.15) is 18.7 Å². The minimum atomic E-state index is 0.369. The lowest BCUT2D eigenvalue weighted by Crippen LogP contribution is -2.41. The summed E-state index contributed by atoms with van der Waals surface area (Å²) < 4.78 is 7.67. The molecule has 1 saturated carbocycles. The van der Waals surface area contributed by atoms with Crippen LogP contribution in [0.25, 0.3) is 0 Å². The average molecular weight is 195 g/mol. The predicted molar refractivity (Wildman–Crippen MR) is 53.9 cm³/mol. The molecule has 14 heavy (non-hydrogen) atoms. The Labute approximate surface area is 84.1 Å². The highest BCUT2D eigenvalue weighted by molar-refractivity contribution is 4.91. The topological polar surface area (TPSA) is 53.1 Å². The molecule has 1 aliphatic rings. The average Bonchev–Trinajstić information content (AvgIpc) is 2.49. The maximum Gasteiger partial charge on any atom is 0.110 e. The first-order chi connectivity index (χ1) is 6.75. The van der Waals surface area contributed by atoms with Gasteiger partial charge < -0.3 is 15.0 Å². The number of nitrogens with zero attached hydrogens (tertiary/aromatic N) is 2. The molecule has 4 heteroatoms. The van der Waals surface area contributed by atoms with E-state index in [0.29, 0.717) is 12.1 Å². The van der Waals surface area contributed by atoms with Crippen LogP contribution in [0.2, 0.25) is 0 Å². The summed E-state index contributed by atoms with van der Waals surface area (Å²) in [6.07, 6.45) is 7.07. The zero-order chi connectivity index (χ0) is 9.97.